The van der Waals surface area contributed by atoms with Crippen LogP contribution in [0.5, 0.6) is 0 Å². The van der Waals surface area contributed by atoms with Gasteiger partial charge in [-0.1, -0.05) is 0 Å². The Bertz CT molecular complexity index is 242. The fraction of sp³-hybridized carbons (Fsp3) is 1.00. The Kier molecular flexibility index (Phi) is 4.96. The maximum atomic E-state index is 13.0. The fourth-order valence-electron chi connectivity index (χ4n) is 3.09. The molecule has 1 saturated heterocycles. The van der Waals surface area contributed by atoms with Crippen molar-refractivity contribution in [3.8, 4) is 0 Å². The van der Waals surface area contributed by atoms with Gasteiger partial charge in [0.25, 0.3) is 0 Å². The number of likely N-dealkylation sites (tertiary alicyclic amines) is 1. The first-order chi connectivity index (χ1) is 8.55. The Morgan fingerprint density at radius 3 is 2.44 bits per heavy atom. The molecule has 106 valence electrons. The Balaban J connectivity index is 1.59. The SMILES string of the molecule is CC(CN1CCCC1)NCC1CCC(F)(F)CC1. The number of rotatable bonds is 5. The summed E-state index contributed by atoms with van der Waals surface area (Å²) in [5.74, 6) is -1.94. The molecule has 1 aliphatic carbocycles. The predicted molar refractivity (Wildman–Crippen MR) is 70.0 cm³/mol. The quantitative estimate of drug-likeness (QED) is 0.817. The zero-order valence-corrected chi connectivity index (χ0v) is 11.4. The lowest BCUT2D eigenvalue weighted by Crippen LogP contribution is -2.41. The molecule has 1 heterocycles. The molecule has 2 aliphatic rings. The summed E-state index contributed by atoms with van der Waals surface area (Å²) in [7, 11) is 0. The van der Waals surface area contributed by atoms with Crippen LogP contribution in [0.25, 0.3) is 0 Å². The van der Waals surface area contributed by atoms with Crippen LogP contribution in [0.1, 0.15) is 45.4 Å². The van der Waals surface area contributed by atoms with Gasteiger partial charge in [-0.15, -0.1) is 0 Å². The topological polar surface area (TPSA) is 15.3 Å². The molecule has 0 aromatic rings. The van der Waals surface area contributed by atoms with Crippen molar-refractivity contribution in [2.45, 2.75) is 57.4 Å². The molecule has 0 radical (unpaired) electrons. The lowest BCUT2D eigenvalue weighted by Gasteiger charge is -2.30. The zero-order valence-electron chi connectivity index (χ0n) is 11.4. The largest absolute Gasteiger partial charge is 0.313 e. The highest BCUT2D eigenvalue weighted by Crippen LogP contribution is 2.35. The first-order valence-corrected chi connectivity index (χ1v) is 7.39. The van der Waals surface area contributed by atoms with Gasteiger partial charge in [0.05, 0.1) is 0 Å². The second kappa shape index (κ2) is 6.29. The van der Waals surface area contributed by atoms with Gasteiger partial charge < -0.3 is 10.2 Å². The van der Waals surface area contributed by atoms with E-state index in [0.29, 0.717) is 24.8 Å². The second-order valence-corrected chi connectivity index (χ2v) is 6.12. The van der Waals surface area contributed by atoms with Crippen molar-refractivity contribution in [2.75, 3.05) is 26.2 Å². The van der Waals surface area contributed by atoms with Crippen molar-refractivity contribution in [3.05, 3.63) is 0 Å². The van der Waals surface area contributed by atoms with Crippen molar-refractivity contribution in [3.63, 3.8) is 0 Å². The van der Waals surface area contributed by atoms with Crippen molar-refractivity contribution in [2.24, 2.45) is 5.92 Å². The van der Waals surface area contributed by atoms with Crippen LogP contribution in [0.4, 0.5) is 8.78 Å². The fourth-order valence-corrected chi connectivity index (χ4v) is 3.09. The third kappa shape index (κ3) is 4.47. The molecule has 2 fully saturated rings. The van der Waals surface area contributed by atoms with Crippen molar-refractivity contribution in [1.82, 2.24) is 10.2 Å². The molecule has 18 heavy (non-hydrogen) atoms. The molecule has 4 heteroatoms. The summed E-state index contributed by atoms with van der Waals surface area (Å²) < 4.78 is 26.0. The van der Waals surface area contributed by atoms with Crippen LogP contribution in [0, 0.1) is 5.92 Å². The first kappa shape index (κ1) is 14.2. The van der Waals surface area contributed by atoms with E-state index in [1.165, 1.54) is 25.9 Å². The van der Waals surface area contributed by atoms with Gasteiger partial charge in [-0.05, 0) is 58.2 Å². The summed E-state index contributed by atoms with van der Waals surface area (Å²) in [6.07, 6.45) is 4.17. The number of nitrogens with one attached hydrogen (secondary N) is 1. The first-order valence-electron chi connectivity index (χ1n) is 7.39. The number of alkyl halides is 2. The Hall–Kier alpha value is -0.220. The molecular formula is C14H26F2N2. The molecule has 0 aromatic heterocycles. The van der Waals surface area contributed by atoms with Gasteiger partial charge in [0.2, 0.25) is 5.92 Å². The third-order valence-electron chi connectivity index (χ3n) is 4.32. The van der Waals surface area contributed by atoms with Gasteiger partial charge >= 0.3 is 0 Å². The van der Waals surface area contributed by atoms with Gasteiger partial charge in [-0.25, -0.2) is 8.78 Å². The summed E-state index contributed by atoms with van der Waals surface area (Å²) in [6, 6.07) is 0.477. The van der Waals surface area contributed by atoms with E-state index in [9.17, 15) is 8.78 Å². The smallest absolute Gasteiger partial charge is 0.248 e. The zero-order chi connectivity index (χ0) is 13.0. The minimum atomic E-state index is -2.39. The van der Waals surface area contributed by atoms with Crippen molar-refractivity contribution < 1.29 is 8.78 Å². The van der Waals surface area contributed by atoms with E-state index >= 15 is 0 Å². The average Bonchev–Trinajstić information content (AvgIpc) is 2.80. The minimum absolute atomic E-state index is 0.0832. The summed E-state index contributed by atoms with van der Waals surface area (Å²) in [4.78, 5) is 2.49. The Morgan fingerprint density at radius 1 is 1.22 bits per heavy atom. The van der Waals surface area contributed by atoms with Crippen LogP contribution in [0.15, 0.2) is 0 Å². The Labute approximate surface area is 109 Å². The van der Waals surface area contributed by atoms with E-state index in [1.54, 1.807) is 0 Å². The summed E-state index contributed by atoms with van der Waals surface area (Å²) >= 11 is 0. The Morgan fingerprint density at radius 2 is 1.83 bits per heavy atom. The van der Waals surface area contributed by atoms with E-state index in [4.69, 9.17) is 0 Å². The van der Waals surface area contributed by atoms with E-state index in [2.05, 4.69) is 17.1 Å². The maximum Gasteiger partial charge on any atom is 0.248 e. The number of halogens is 2. The summed E-state index contributed by atoms with van der Waals surface area (Å²) in [5, 5.41) is 3.52. The van der Waals surface area contributed by atoms with E-state index in [0.717, 1.165) is 13.1 Å². The molecule has 2 nitrogen and oxygen atoms in total. The van der Waals surface area contributed by atoms with E-state index in [-0.39, 0.29) is 12.8 Å². The van der Waals surface area contributed by atoms with Crippen LogP contribution in [0.3, 0.4) is 0 Å². The standard InChI is InChI=1S/C14H26F2N2/c1-12(11-18-8-2-3-9-18)17-10-13-4-6-14(15,16)7-5-13/h12-13,17H,2-11H2,1H3. The predicted octanol–water partition coefficient (Wildman–Crippen LogP) is 2.89. The van der Waals surface area contributed by atoms with E-state index in [1.807, 2.05) is 0 Å². The highest BCUT2D eigenvalue weighted by atomic mass is 19.3. The van der Waals surface area contributed by atoms with Crippen LogP contribution in [0.2, 0.25) is 0 Å². The van der Waals surface area contributed by atoms with Gasteiger partial charge in [0.1, 0.15) is 0 Å². The molecule has 1 saturated carbocycles. The van der Waals surface area contributed by atoms with Crippen LogP contribution in [-0.2, 0) is 0 Å². The molecule has 0 aromatic carbocycles. The van der Waals surface area contributed by atoms with Crippen LogP contribution >= 0.6 is 0 Å². The molecule has 0 spiro atoms. The monoisotopic (exact) mass is 260 g/mol. The van der Waals surface area contributed by atoms with Gasteiger partial charge in [-0.2, -0.15) is 0 Å². The van der Waals surface area contributed by atoms with Crippen molar-refractivity contribution >= 4 is 0 Å². The third-order valence-corrected chi connectivity index (χ3v) is 4.32. The lowest BCUT2D eigenvalue weighted by atomic mass is 9.86. The molecular weight excluding hydrogens is 234 g/mol. The number of hydrogen-bond acceptors (Lipinski definition) is 2. The van der Waals surface area contributed by atoms with Gasteiger partial charge in [0, 0.05) is 25.4 Å². The molecule has 0 amide bonds. The van der Waals surface area contributed by atoms with E-state index < -0.39 is 5.92 Å². The second-order valence-electron chi connectivity index (χ2n) is 6.12. The average molecular weight is 260 g/mol. The van der Waals surface area contributed by atoms with Gasteiger partial charge in [-0.3, -0.25) is 0 Å². The minimum Gasteiger partial charge on any atom is -0.313 e. The molecule has 0 bridgehead atoms. The number of hydrogen-bond donors (Lipinski definition) is 1. The highest BCUT2D eigenvalue weighted by molar-refractivity contribution is 4.80. The molecule has 1 atom stereocenters. The molecule has 2 rings (SSSR count). The normalized spacial score (nSPS) is 27.5. The van der Waals surface area contributed by atoms with Crippen LogP contribution < -0.4 is 5.32 Å². The lowest BCUT2D eigenvalue weighted by molar-refractivity contribution is -0.0456. The number of nitrogens with zero attached hydrogens (tertiary/aromatic N) is 1. The highest BCUT2D eigenvalue weighted by Gasteiger charge is 2.34. The molecule has 1 unspecified atom stereocenters. The summed E-state index contributed by atoms with van der Waals surface area (Å²) in [5.41, 5.74) is 0. The molecule has 1 aliphatic heterocycles. The summed E-state index contributed by atoms with van der Waals surface area (Å²) in [6.45, 7) is 6.66. The van der Waals surface area contributed by atoms with Gasteiger partial charge in [0.15, 0.2) is 0 Å². The van der Waals surface area contributed by atoms with Crippen molar-refractivity contribution in [1.29, 1.82) is 0 Å². The maximum absolute atomic E-state index is 13.0. The molecule has 1 N–H and O–H groups in total. The van der Waals surface area contributed by atoms with Crippen LogP contribution in [-0.4, -0.2) is 43.0 Å².